The summed E-state index contributed by atoms with van der Waals surface area (Å²) in [6.45, 7) is 12.1. The summed E-state index contributed by atoms with van der Waals surface area (Å²) in [4.78, 5) is 30.5. The normalized spacial score (nSPS) is 11.8. The van der Waals surface area contributed by atoms with Crippen LogP contribution in [0.25, 0.3) is 11.4 Å². The number of nitrogens with zero attached hydrogens (tertiary/aromatic N) is 3. The number of aryl methyl sites for hydroxylation is 1. The maximum absolute atomic E-state index is 12.8. The maximum atomic E-state index is 12.8. The summed E-state index contributed by atoms with van der Waals surface area (Å²) in [5, 5.41) is 3.79. The van der Waals surface area contributed by atoms with Gasteiger partial charge in [0.1, 0.15) is 11.2 Å². The Kier molecular flexibility index (Phi) is 5.58. The van der Waals surface area contributed by atoms with Crippen molar-refractivity contribution in [1.29, 1.82) is 0 Å². The second kappa shape index (κ2) is 7.38. The number of amides is 2. The highest BCUT2D eigenvalue weighted by atomic mass is 16.6. The number of carbonyl (C=O) groups excluding carboxylic acids is 2. The van der Waals surface area contributed by atoms with E-state index >= 15 is 0 Å². The summed E-state index contributed by atoms with van der Waals surface area (Å²) < 4.78 is 15.6. The van der Waals surface area contributed by atoms with Gasteiger partial charge in [0, 0.05) is 5.56 Å². The van der Waals surface area contributed by atoms with Crippen molar-refractivity contribution in [1.82, 2.24) is 10.1 Å². The highest BCUT2D eigenvalue weighted by molar-refractivity contribution is 6.10. The minimum Gasteiger partial charge on any atom is -0.443 e. The van der Waals surface area contributed by atoms with Crippen LogP contribution in [0.15, 0.2) is 29.1 Å². The van der Waals surface area contributed by atoms with Crippen molar-refractivity contribution >= 4 is 17.9 Å². The molecule has 0 N–H and O–H groups in total. The van der Waals surface area contributed by atoms with Crippen LogP contribution in [0.3, 0.4) is 0 Å². The fourth-order valence-corrected chi connectivity index (χ4v) is 2.17. The third-order valence-corrected chi connectivity index (χ3v) is 3.22. The summed E-state index contributed by atoms with van der Waals surface area (Å²) in [6, 6.07) is 5.14. The molecule has 0 bridgehead atoms. The van der Waals surface area contributed by atoms with Gasteiger partial charge in [-0.3, -0.25) is 0 Å². The van der Waals surface area contributed by atoms with E-state index in [1.807, 2.05) is 0 Å². The van der Waals surface area contributed by atoms with Gasteiger partial charge in [-0.15, -0.1) is 0 Å². The van der Waals surface area contributed by atoms with Gasteiger partial charge in [0.05, 0.1) is 5.69 Å². The quantitative estimate of drug-likeness (QED) is 0.749. The minimum absolute atomic E-state index is 0.320. The van der Waals surface area contributed by atoms with E-state index in [4.69, 9.17) is 14.0 Å². The fourth-order valence-electron chi connectivity index (χ4n) is 2.17. The van der Waals surface area contributed by atoms with Crippen molar-refractivity contribution in [2.75, 3.05) is 4.90 Å². The molecule has 8 nitrogen and oxygen atoms in total. The predicted molar refractivity (Wildman–Crippen MR) is 99.4 cm³/mol. The van der Waals surface area contributed by atoms with Gasteiger partial charge in [-0.25, -0.2) is 9.59 Å². The Bertz CT molecular complexity index is 789. The van der Waals surface area contributed by atoms with Crippen LogP contribution in [0.5, 0.6) is 0 Å². The first-order valence-corrected chi connectivity index (χ1v) is 8.51. The van der Waals surface area contributed by atoms with Crippen LogP contribution in [0.4, 0.5) is 15.3 Å². The zero-order valence-electron chi connectivity index (χ0n) is 16.7. The topological polar surface area (TPSA) is 94.8 Å². The van der Waals surface area contributed by atoms with Crippen LogP contribution < -0.4 is 4.90 Å². The van der Waals surface area contributed by atoms with Gasteiger partial charge in [0.15, 0.2) is 0 Å². The number of benzene rings is 1. The first-order valence-electron chi connectivity index (χ1n) is 8.51. The highest BCUT2D eigenvalue weighted by Crippen LogP contribution is 2.29. The number of hydrogen-bond acceptors (Lipinski definition) is 7. The Balaban J connectivity index is 2.51. The van der Waals surface area contributed by atoms with E-state index in [2.05, 4.69) is 10.1 Å². The third kappa shape index (κ3) is 5.54. The molecule has 0 spiro atoms. The Morgan fingerprint density at radius 3 is 2.00 bits per heavy atom. The zero-order chi connectivity index (χ0) is 20.4. The fraction of sp³-hybridized carbons (Fsp3) is 0.474. The van der Waals surface area contributed by atoms with Crippen molar-refractivity contribution in [3.63, 3.8) is 0 Å². The van der Waals surface area contributed by atoms with Crippen LogP contribution in [-0.2, 0) is 9.47 Å². The minimum atomic E-state index is -0.829. The van der Waals surface area contributed by atoms with Crippen LogP contribution in [0.1, 0.15) is 47.1 Å². The predicted octanol–water partition coefficient (Wildman–Crippen LogP) is 4.72. The molecule has 2 aromatic rings. The van der Waals surface area contributed by atoms with E-state index in [1.165, 1.54) is 6.39 Å². The lowest BCUT2D eigenvalue weighted by Crippen LogP contribution is -2.44. The second-order valence-corrected chi connectivity index (χ2v) is 8.05. The van der Waals surface area contributed by atoms with E-state index in [1.54, 1.807) is 66.7 Å². The molecule has 146 valence electrons. The molecule has 0 aliphatic heterocycles. The van der Waals surface area contributed by atoms with Gasteiger partial charge in [-0.05, 0) is 60.1 Å². The molecule has 0 saturated carbocycles. The average Bonchev–Trinajstić information content (AvgIpc) is 2.99. The zero-order valence-corrected chi connectivity index (χ0v) is 16.7. The number of hydrogen-bond donors (Lipinski definition) is 0. The Hall–Kier alpha value is -2.90. The molecular weight excluding hydrogens is 350 g/mol. The molecule has 0 atom stereocenters. The van der Waals surface area contributed by atoms with E-state index in [0.717, 1.165) is 4.90 Å². The maximum Gasteiger partial charge on any atom is 0.424 e. The van der Waals surface area contributed by atoms with Crippen molar-refractivity contribution in [3.8, 4) is 11.4 Å². The van der Waals surface area contributed by atoms with Crippen LogP contribution in [-0.4, -0.2) is 33.5 Å². The number of imide groups is 1. The van der Waals surface area contributed by atoms with Crippen molar-refractivity contribution in [2.45, 2.75) is 59.7 Å². The summed E-state index contributed by atoms with van der Waals surface area (Å²) in [6.07, 6.45) is -0.454. The monoisotopic (exact) mass is 375 g/mol. The molecular formula is C19H25N3O5. The van der Waals surface area contributed by atoms with Crippen LogP contribution in [0, 0.1) is 6.92 Å². The number of anilines is 1. The summed E-state index contributed by atoms with van der Waals surface area (Å²) in [5.74, 6) is 0.338. The number of rotatable bonds is 2. The van der Waals surface area contributed by atoms with Crippen LogP contribution in [0.2, 0.25) is 0 Å². The first kappa shape index (κ1) is 20.4. The molecule has 1 heterocycles. The molecule has 2 amide bonds. The molecule has 2 rings (SSSR count). The van der Waals surface area contributed by atoms with Gasteiger partial charge < -0.3 is 14.0 Å². The van der Waals surface area contributed by atoms with Crippen molar-refractivity contribution in [3.05, 3.63) is 30.2 Å². The average molecular weight is 375 g/mol. The summed E-state index contributed by atoms with van der Waals surface area (Å²) in [7, 11) is 0. The molecule has 0 unspecified atom stereocenters. The molecule has 0 radical (unpaired) electrons. The SMILES string of the molecule is Cc1ccc(-c2ncon2)cc1N(C(=O)OC(C)(C)C)C(=O)OC(C)(C)C. The smallest absolute Gasteiger partial charge is 0.424 e. The van der Waals surface area contributed by atoms with Gasteiger partial charge in [-0.1, -0.05) is 17.3 Å². The first-order chi connectivity index (χ1) is 12.4. The van der Waals surface area contributed by atoms with Gasteiger partial charge >= 0.3 is 12.2 Å². The third-order valence-electron chi connectivity index (χ3n) is 3.22. The molecule has 0 saturated heterocycles. The summed E-state index contributed by atoms with van der Waals surface area (Å²) >= 11 is 0. The van der Waals surface area contributed by atoms with E-state index < -0.39 is 23.4 Å². The summed E-state index contributed by atoms with van der Waals surface area (Å²) in [5.41, 5.74) is 0.0220. The second-order valence-electron chi connectivity index (χ2n) is 8.05. The Labute approximate surface area is 158 Å². The molecule has 1 aromatic carbocycles. The van der Waals surface area contributed by atoms with E-state index in [9.17, 15) is 9.59 Å². The molecule has 27 heavy (non-hydrogen) atoms. The molecule has 0 fully saturated rings. The highest BCUT2D eigenvalue weighted by Gasteiger charge is 2.33. The van der Waals surface area contributed by atoms with Gasteiger partial charge in [0.25, 0.3) is 0 Å². The van der Waals surface area contributed by atoms with E-state index in [0.29, 0.717) is 22.6 Å². The van der Waals surface area contributed by atoms with Crippen molar-refractivity contribution in [2.24, 2.45) is 0 Å². The standard InChI is InChI=1S/C19H25N3O5/c1-12-8-9-13(15-20-11-25-21-15)10-14(12)22(16(23)26-18(2,3)4)17(24)27-19(5,6)7/h8-11H,1-7H3. The molecule has 0 aliphatic carbocycles. The number of carbonyl (C=O) groups is 2. The molecule has 1 aromatic heterocycles. The lowest BCUT2D eigenvalue weighted by molar-refractivity contribution is 0.0430. The Morgan fingerprint density at radius 2 is 1.56 bits per heavy atom. The molecule has 0 aliphatic rings. The molecule has 8 heteroatoms. The van der Waals surface area contributed by atoms with Gasteiger partial charge in [-0.2, -0.15) is 9.88 Å². The Morgan fingerprint density at radius 1 is 1.00 bits per heavy atom. The number of ether oxygens (including phenoxy) is 2. The lowest BCUT2D eigenvalue weighted by Gasteiger charge is -2.29. The lowest BCUT2D eigenvalue weighted by atomic mass is 10.1. The van der Waals surface area contributed by atoms with Crippen LogP contribution >= 0.6 is 0 Å². The van der Waals surface area contributed by atoms with Crippen molar-refractivity contribution < 1.29 is 23.6 Å². The number of aromatic nitrogens is 2. The largest absolute Gasteiger partial charge is 0.443 e. The van der Waals surface area contributed by atoms with Gasteiger partial charge in [0.2, 0.25) is 12.2 Å². The van der Waals surface area contributed by atoms with E-state index in [-0.39, 0.29) is 0 Å².